The van der Waals surface area contributed by atoms with Gasteiger partial charge in [0.1, 0.15) is 5.75 Å². The lowest BCUT2D eigenvalue weighted by molar-refractivity contribution is -0.138. The van der Waals surface area contributed by atoms with Gasteiger partial charge >= 0.3 is 24.4 Å². The molecule has 3 aromatic carbocycles. The molecule has 1 aliphatic heterocycles. The lowest BCUT2D eigenvalue weighted by Gasteiger charge is -2.35. The fourth-order valence-electron chi connectivity index (χ4n) is 5.81. The van der Waals surface area contributed by atoms with Crippen LogP contribution in [-0.2, 0) is 17.1 Å². The number of carbonyl (C=O) groups is 3. The number of fused-ring (bicyclic) bond motifs is 1. The van der Waals surface area contributed by atoms with Gasteiger partial charge < -0.3 is 40.3 Å². The van der Waals surface area contributed by atoms with Gasteiger partial charge in [0.25, 0.3) is 5.91 Å². The molecule has 4 rings (SSSR count). The minimum absolute atomic E-state index is 0.0562. The Kier molecular flexibility index (Phi) is 14.4. The third kappa shape index (κ3) is 12.2. The van der Waals surface area contributed by atoms with Crippen LogP contribution in [-0.4, -0.2) is 84.5 Å². The highest BCUT2D eigenvalue weighted by Gasteiger charge is 2.33. The molecule has 0 aliphatic carbocycles. The topological polar surface area (TPSA) is 132 Å². The van der Waals surface area contributed by atoms with Crippen molar-refractivity contribution in [2.45, 2.75) is 70.6 Å². The standard InChI is InChI=1S/C38H45F6N5O6/c1-23-20-49(24(2)22-50)34(51)31-19-30(46-35(52)45-28-12-8-26(9-13-28)37(39,40)41)16-17-32(31)55-25(3)7-5-6-18-54-33(23)21-48(4)36(53)47-29-14-10-27(11-15-29)38(42,43)44/h8-17,19,23-25,33,50H,5-7,18,20-22H2,1-4H3,(H,47,53)(H2,45,46,52)/t23-,24+,25+,33-/m0/s1. The average Bonchev–Trinajstić information content (AvgIpc) is 3.12. The predicted molar refractivity (Wildman–Crippen MR) is 194 cm³/mol. The number of aliphatic hydroxyl groups excluding tert-OH is 1. The van der Waals surface area contributed by atoms with Crippen LogP contribution in [0, 0.1) is 5.92 Å². The molecule has 1 heterocycles. The van der Waals surface area contributed by atoms with E-state index in [1.165, 1.54) is 35.0 Å². The SMILES string of the molecule is C[C@@H]1CCCCO[C@@H](CN(C)C(=O)Nc2ccc(C(F)(F)F)cc2)[C@@H](C)CN([C@H](C)CO)C(=O)c2cc(NC(=O)Nc3ccc(C(F)(F)F)cc3)ccc2O1. The van der Waals surface area contributed by atoms with Crippen molar-refractivity contribution in [3.63, 3.8) is 0 Å². The van der Waals surface area contributed by atoms with Gasteiger partial charge in [0, 0.05) is 49.7 Å². The molecule has 0 saturated carbocycles. The van der Waals surface area contributed by atoms with Gasteiger partial charge in [0.2, 0.25) is 0 Å². The van der Waals surface area contributed by atoms with Crippen LogP contribution in [0.1, 0.15) is 61.5 Å². The third-order valence-electron chi connectivity index (χ3n) is 9.04. The number of hydrogen-bond donors (Lipinski definition) is 4. The van der Waals surface area contributed by atoms with Crippen molar-refractivity contribution in [1.82, 2.24) is 9.80 Å². The molecule has 55 heavy (non-hydrogen) atoms. The van der Waals surface area contributed by atoms with Crippen LogP contribution in [0.4, 0.5) is 53.0 Å². The number of rotatable bonds is 7. The number of urea groups is 2. The zero-order valence-corrected chi connectivity index (χ0v) is 30.8. The largest absolute Gasteiger partial charge is 0.490 e. The summed E-state index contributed by atoms with van der Waals surface area (Å²) < 4.78 is 90.4. The number of benzene rings is 3. The molecule has 0 radical (unpaired) electrons. The van der Waals surface area contributed by atoms with Crippen molar-refractivity contribution in [3.8, 4) is 5.75 Å². The van der Waals surface area contributed by atoms with Gasteiger partial charge in [-0.05, 0) is 99.8 Å². The Morgan fingerprint density at radius 3 is 1.98 bits per heavy atom. The Bertz CT molecular complexity index is 1760. The van der Waals surface area contributed by atoms with Gasteiger partial charge in [0.05, 0.1) is 41.5 Å². The Labute approximate surface area is 315 Å². The zero-order chi connectivity index (χ0) is 40.5. The number of carbonyl (C=O) groups excluding carboxylic acids is 3. The molecule has 0 spiro atoms. The number of hydrogen-bond acceptors (Lipinski definition) is 6. The third-order valence-corrected chi connectivity index (χ3v) is 9.04. The van der Waals surface area contributed by atoms with Crippen LogP contribution in [0.15, 0.2) is 66.7 Å². The molecule has 0 unspecified atom stereocenters. The summed E-state index contributed by atoms with van der Waals surface area (Å²) in [6, 6.07) is 10.3. The Hall–Kier alpha value is -5.03. The van der Waals surface area contributed by atoms with Crippen LogP contribution in [0.25, 0.3) is 0 Å². The van der Waals surface area contributed by atoms with Crippen LogP contribution in [0.2, 0.25) is 0 Å². The zero-order valence-electron chi connectivity index (χ0n) is 30.8. The number of ether oxygens (including phenoxy) is 2. The van der Waals surface area contributed by atoms with E-state index in [-0.39, 0.29) is 47.6 Å². The first-order chi connectivity index (χ1) is 25.8. The molecule has 0 saturated heterocycles. The van der Waals surface area contributed by atoms with E-state index in [2.05, 4.69) is 16.0 Å². The molecular formula is C38H45F6N5O6. The van der Waals surface area contributed by atoms with Gasteiger partial charge in [-0.15, -0.1) is 0 Å². The molecule has 300 valence electrons. The van der Waals surface area contributed by atoms with Gasteiger partial charge in [0.15, 0.2) is 0 Å². The van der Waals surface area contributed by atoms with Crippen LogP contribution in [0.3, 0.4) is 0 Å². The first-order valence-corrected chi connectivity index (χ1v) is 17.6. The maximum absolute atomic E-state index is 14.4. The van der Waals surface area contributed by atoms with Crippen LogP contribution < -0.4 is 20.7 Å². The lowest BCUT2D eigenvalue weighted by atomic mass is 10.0. The van der Waals surface area contributed by atoms with E-state index in [0.717, 1.165) is 48.5 Å². The van der Waals surface area contributed by atoms with Crippen molar-refractivity contribution >= 4 is 35.0 Å². The molecule has 11 nitrogen and oxygen atoms in total. The van der Waals surface area contributed by atoms with Gasteiger partial charge in [-0.3, -0.25) is 4.79 Å². The van der Waals surface area contributed by atoms with Crippen LogP contribution in [0.5, 0.6) is 5.75 Å². The molecule has 3 aromatic rings. The van der Waals surface area contributed by atoms with E-state index in [1.807, 2.05) is 13.8 Å². The highest BCUT2D eigenvalue weighted by molar-refractivity contribution is 6.02. The highest BCUT2D eigenvalue weighted by Crippen LogP contribution is 2.32. The molecule has 4 N–H and O–H groups in total. The molecule has 0 bridgehead atoms. The first kappa shape index (κ1) is 42.7. The lowest BCUT2D eigenvalue weighted by Crippen LogP contribution is -2.48. The first-order valence-electron chi connectivity index (χ1n) is 17.6. The predicted octanol–water partition coefficient (Wildman–Crippen LogP) is 8.33. The van der Waals surface area contributed by atoms with E-state index in [0.29, 0.717) is 25.9 Å². The molecule has 17 heteroatoms. The quantitative estimate of drug-likeness (QED) is 0.178. The second-order valence-electron chi connectivity index (χ2n) is 13.6. The second-order valence-corrected chi connectivity index (χ2v) is 13.6. The minimum atomic E-state index is -4.54. The summed E-state index contributed by atoms with van der Waals surface area (Å²) >= 11 is 0. The van der Waals surface area contributed by atoms with Crippen LogP contribution >= 0.6 is 0 Å². The summed E-state index contributed by atoms with van der Waals surface area (Å²) in [5.74, 6) is -0.716. The number of alkyl halides is 6. The number of aliphatic hydroxyl groups is 1. The minimum Gasteiger partial charge on any atom is -0.490 e. The molecule has 0 fully saturated rings. The van der Waals surface area contributed by atoms with Crippen molar-refractivity contribution in [1.29, 1.82) is 0 Å². The summed E-state index contributed by atoms with van der Waals surface area (Å²) in [5, 5.41) is 17.8. The highest BCUT2D eigenvalue weighted by atomic mass is 19.4. The fraction of sp³-hybridized carbons (Fsp3) is 0.447. The van der Waals surface area contributed by atoms with E-state index >= 15 is 0 Å². The summed E-state index contributed by atoms with van der Waals surface area (Å²) in [4.78, 5) is 43.1. The summed E-state index contributed by atoms with van der Waals surface area (Å²) in [5.41, 5.74) is -1.20. The Balaban J connectivity index is 1.54. The maximum Gasteiger partial charge on any atom is 0.416 e. The summed E-state index contributed by atoms with van der Waals surface area (Å²) in [6.07, 6.45) is -8.06. The molecule has 4 atom stereocenters. The van der Waals surface area contributed by atoms with E-state index in [9.17, 15) is 45.8 Å². The smallest absolute Gasteiger partial charge is 0.416 e. The number of anilines is 3. The van der Waals surface area contributed by atoms with Crippen molar-refractivity contribution in [2.24, 2.45) is 5.92 Å². The number of nitrogens with zero attached hydrogens (tertiary/aromatic N) is 2. The molecule has 5 amide bonds. The van der Waals surface area contributed by atoms with Crippen molar-refractivity contribution in [2.75, 3.05) is 49.3 Å². The molecule has 1 aliphatic rings. The van der Waals surface area contributed by atoms with E-state index in [4.69, 9.17) is 9.47 Å². The Morgan fingerprint density at radius 2 is 1.42 bits per heavy atom. The fourth-order valence-corrected chi connectivity index (χ4v) is 5.81. The van der Waals surface area contributed by atoms with Gasteiger partial charge in [-0.25, -0.2) is 9.59 Å². The number of nitrogens with one attached hydrogen (secondary N) is 3. The van der Waals surface area contributed by atoms with Gasteiger partial charge in [-0.2, -0.15) is 26.3 Å². The summed E-state index contributed by atoms with van der Waals surface area (Å²) in [6.45, 7) is 5.36. The van der Waals surface area contributed by atoms with Crippen molar-refractivity contribution in [3.05, 3.63) is 83.4 Å². The Morgan fingerprint density at radius 1 is 0.873 bits per heavy atom. The normalized spacial score (nSPS) is 19.3. The average molecular weight is 782 g/mol. The van der Waals surface area contributed by atoms with Gasteiger partial charge in [-0.1, -0.05) is 6.92 Å². The van der Waals surface area contributed by atoms with Crippen molar-refractivity contribution < 1.29 is 55.3 Å². The number of halogens is 6. The van der Waals surface area contributed by atoms with E-state index < -0.39 is 66.1 Å². The second kappa shape index (κ2) is 18.5. The molecular weight excluding hydrogens is 736 g/mol. The van der Waals surface area contributed by atoms with E-state index in [1.54, 1.807) is 6.92 Å². The monoisotopic (exact) mass is 781 g/mol. The maximum atomic E-state index is 14.4. The molecule has 0 aromatic heterocycles. The summed E-state index contributed by atoms with van der Waals surface area (Å²) in [7, 11) is 1.51. The number of amides is 5. The number of likely N-dealkylation sites (N-methyl/N-ethyl adjacent to an activating group) is 1.